The molecule has 318 valence electrons. The average molecular weight is 792 g/mol. The first-order chi connectivity index (χ1) is 25.7. The summed E-state index contributed by atoms with van der Waals surface area (Å²) in [4.78, 5) is 78.3. The summed E-state index contributed by atoms with van der Waals surface area (Å²) in [6.07, 6.45) is -0.615. The zero-order valence-corrected chi connectivity index (χ0v) is 35.8. The van der Waals surface area contributed by atoms with E-state index in [9.17, 15) is 28.8 Å². The summed E-state index contributed by atoms with van der Waals surface area (Å²) in [6.45, 7) is 22.3. The van der Waals surface area contributed by atoms with Gasteiger partial charge in [0, 0.05) is 39.1 Å². The third kappa shape index (κ3) is 24.8. The number of benzene rings is 1. The van der Waals surface area contributed by atoms with E-state index < -0.39 is 47.0 Å². The minimum atomic E-state index is -1.10. The van der Waals surface area contributed by atoms with Crippen molar-refractivity contribution in [3.05, 3.63) is 35.9 Å². The fraction of sp³-hybridized carbons (Fsp3) is 0.707. The highest BCUT2D eigenvalue weighted by Gasteiger charge is 2.28. The van der Waals surface area contributed by atoms with Crippen LogP contribution in [-0.4, -0.2) is 96.5 Å². The van der Waals surface area contributed by atoms with E-state index in [0.29, 0.717) is 19.4 Å². The molecule has 0 radical (unpaired) electrons. The van der Waals surface area contributed by atoms with E-state index in [2.05, 4.69) is 21.3 Å². The first kappa shape index (κ1) is 49.5. The van der Waals surface area contributed by atoms with Gasteiger partial charge in [-0.15, -0.1) is 0 Å². The molecular formula is C41H69N5O10. The van der Waals surface area contributed by atoms with Gasteiger partial charge >= 0.3 is 24.2 Å². The first-order valence-electron chi connectivity index (χ1n) is 19.4. The topological polar surface area (TPSA) is 191 Å². The number of carbonyl (C=O) groups is 6. The number of esters is 1. The lowest BCUT2D eigenvalue weighted by molar-refractivity contribution is -0.147. The predicted octanol–water partition coefficient (Wildman–Crippen LogP) is 6.23. The number of hydrogen-bond donors (Lipinski definition) is 4. The number of alkyl carbamates (subject to hydrolysis) is 3. The van der Waals surface area contributed by atoms with E-state index in [-0.39, 0.29) is 75.3 Å². The van der Waals surface area contributed by atoms with Crippen LogP contribution in [0.5, 0.6) is 0 Å². The maximum atomic E-state index is 13.6. The normalized spacial score (nSPS) is 13.0. The van der Waals surface area contributed by atoms with Gasteiger partial charge in [0.05, 0.1) is 6.42 Å². The second-order valence-corrected chi connectivity index (χ2v) is 17.9. The number of rotatable bonds is 20. The molecule has 0 bridgehead atoms. The molecule has 0 spiro atoms. The van der Waals surface area contributed by atoms with Crippen LogP contribution in [0.1, 0.15) is 121 Å². The summed E-state index contributed by atoms with van der Waals surface area (Å²) in [6, 6.07) is 8.39. The van der Waals surface area contributed by atoms with E-state index in [0.717, 1.165) is 5.56 Å². The summed E-state index contributed by atoms with van der Waals surface area (Å²) in [5, 5.41) is 10.8. The van der Waals surface area contributed by atoms with Crippen molar-refractivity contribution in [2.45, 2.75) is 145 Å². The third-order valence-corrected chi connectivity index (χ3v) is 7.91. The Labute approximate surface area is 334 Å². The van der Waals surface area contributed by atoms with E-state index in [1.807, 2.05) is 51.1 Å². The van der Waals surface area contributed by atoms with E-state index in [4.69, 9.17) is 18.9 Å². The lowest BCUT2D eigenvalue weighted by atomic mass is 9.82. The molecule has 0 aliphatic heterocycles. The van der Waals surface area contributed by atoms with Crippen molar-refractivity contribution >= 4 is 36.1 Å². The number of carbonyl (C=O) groups excluding carboxylic acids is 6. The molecule has 1 aromatic rings. The largest absolute Gasteiger partial charge is 0.461 e. The second kappa shape index (κ2) is 22.9. The summed E-state index contributed by atoms with van der Waals surface area (Å²) < 4.78 is 21.4. The van der Waals surface area contributed by atoms with Gasteiger partial charge < -0.3 is 45.1 Å². The summed E-state index contributed by atoms with van der Waals surface area (Å²) >= 11 is 0. The number of nitrogens with one attached hydrogen (secondary N) is 4. The molecule has 15 heteroatoms. The van der Waals surface area contributed by atoms with E-state index in [1.54, 1.807) is 62.3 Å². The van der Waals surface area contributed by atoms with Gasteiger partial charge in [0.15, 0.2) is 0 Å². The van der Waals surface area contributed by atoms with Crippen molar-refractivity contribution in [3.8, 4) is 0 Å². The zero-order valence-electron chi connectivity index (χ0n) is 35.8. The highest BCUT2D eigenvalue weighted by molar-refractivity contribution is 5.86. The molecule has 0 aromatic heterocycles. The van der Waals surface area contributed by atoms with Crippen LogP contribution < -0.4 is 21.3 Å². The fourth-order valence-corrected chi connectivity index (χ4v) is 5.13. The number of ether oxygens (including phenoxy) is 4. The molecule has 1 rings (SSSR count). The molecule has 2 atom stereocenters. The third-order valence-electron chi connectivity index (χ3n) is 7.91. The van der Waals surface area contributed by atoms with Gasteiger partial charge in [0.2, 0.25) is 11.8 Å². The second-order valence-electron chi connectivity index (χ2n) is 17.9. The lowest BCUT2D eigenvalue weighted by Gasteiger charge is -2.27. The Kier molecular flexibility index (Phi) is 20.2. The molecule has 15 nitrogen and oxygen atoms in total. The van der Waals surface area contributed by atoms with Crippen molar-refractivity contribution in [3.63, 3.8) is 0 Å². The van der Waals surface area contributed by atoms with Gasteiger partial charge in [-0.2, -0.15) is 0 Å². The van der Waals surface area contributed by atoms with Gasteiger partial charge in [-0.3, -0.25) is 14.4 Å². The van der Waals surface area contributed by atoms with Crippen LogP contribution >= 0.6 is 0 Å². The molecule has 0 aliphatic carbocycles. The molecule has 56 heavy (non-hydrogen) atoms. The average Bonchev–Trinajstić information content (AvgIpc) is 3.04. The predicted molar refractivity (Wildman–Crippen MR) is 213 cm³/mol. The van der Waals surface area contributed by atoms with Crippen LogP contribution in [0.15, 0.2) is 30.3 Å². The Morgan fingerprint density at radius 1 is 0.679 bits per heavy atom. The minimum absolute atomic E-state index is 0.0350. The molecular weight excluding hydrogens is 722 g/mol. The van der Waals surface area contributed by atoms with Crippen LogP contribution in [0.25, 0.3) is 0 Å². The smallest absolute Gasteiger partial charge is 0.408 e. The maximum Gasteiger partial charge on any atom is 0.408 e. The Morgan fingerprint density at radius 2 is 1.18 bits per heavy atom. The standard InChI is InChI=1S/C41H69N5O10/c1-29(20-21-41(11,12)26-33(48)53-28-30-16-14-13-15-17-30)27-44-34(49)31(45-37(52)56-40(8,9)10)18-19-32(47)46(24-22-42-35(50)54-38(2,3)4)25-23-43-36(51)55-39(5,6)7/h13-17,29,31H,18-28H2,1-12H3,(H,42,50)(H,43,51)(H,44,49)(H,45,52)/t29?,31-/m0/s1. The number of nitrogens with zero attached hydrogens (tertiary/aromatic N) is 1. The van der Waals surface area contributed by atoms with Crippen molar-refractivity contribution in [1.29, 1.82) is 0 Å². The van der Waals surface area contributed by atoms with Crippen molar-refractivity contribution in [2.24, 2.45) is 11.3 Å². The molecule has 5 amide bonds. The van der Waals surface area contributed by atoms with Gasteiger partial charge in [-0.05, 0) is 98.5 Å². The Balaban J connectivity index is 2.89. The van der Waals surface area contributed by atoms with Crippen LogP contribution in [0, 0.1) is 11.3 Å². The van der Waals surface area contributed by atoms with Crippen LogP contribution in [-0.2, 0) is 39.9 Å². The lowest BCUT2D eigenvalue weighted by Crippen LogP contribution is -2.49. The SMILES string of the molecule is CC(CCC(C)(C)CC(=O)OCc1ccccc1)CNC(=O)[C@H](CCC(=O)N(CCNC(=O)OC(C)(C)C)CCNC(=O)OC(C)(C)C)NC(=O)OC(C)(C)C. The first-order valence-corrected chi connectivity index (χ1v) is 19.4. The number of amides is 5. The van der Waals surface area contributed by atoms with Crippen molar-refractivity contribution in [2.75, 3.05) is 32.7 Å². The zero-order chi connectivity index (χ0) is 42.7. The Hall–Kier alpha value is -4.56. The highest BCUT2D eigenvalue weighted by Crippen LogP contribution is 2.29. The minimum Gasteiger partial charge on any atom is -0.461 e. The molecule has 0 saturated heterocycles. The molecule has 4 N–H and O–H groups in total. The molecule has 0 saturated carbocycles. The summed E-state index contributed by atoms with van der Waals surface area (Å²) in [5.41, 5.74) is -1.65. The maximum absolute atomic E-state index is 13.6. The Bertz CT molecular complexity index is 1380. The molecule has 1 aromatic carbocycles. The summed E-state index contributed by atoms with van der Waals surface area (Å²) in [7, 11) is 0. The van der Waals surface area contributed by atoms with Crippen molar-refractivity contribution < 1.29 is 47.7 Å². The summed E-state index contributed by atoms with van der Waals surface area (Å²) in [5.74, 6) is -1.09. The molecule has 0 aliphatic rings. The van der Waals surface area contributed by atoms with Crippen LogP contribution in [0.3, 0.4) is 0 Å². The molecule has 1 unspecified atom stereocenters. The number of hydrogen-bond acceptors (Lipinski definition) is 10. The Morgan fingerprint density at radius 3 is 1.68 bits per heavy atom. The van der Waals surface area contributed by atoms with E-state index in [1.165, 1.54) is 4.90 Å². The van der Waals surface area contributed by atoms with E-state index >= 15 is 0 Å². The highest BCUT2D eigenvalue weighted by atomic mass is 16.6. The quantitative estimate of drug-likeness (QED) is 0.0870. The van der Waals surface area contributed by atoms with Crippen LogP contribution in [0.4, 0.5) is 14.4 Å². The molecule has 0 fully saturated rings. The monoisotopic (exact) mass is 792 g/mol. The van der Waals surface area contributed by atoms with Gasteiger partial charge in [0.1, 0.15) is 29.5 Å². The fourth-order valence-electron chi connectivity index (χ4n) is 5.13. The van der Waals surface area contributed by atoms with Gasteiger partial charge in [0.25, 0.3) is 0 Å². The van der Waals surface area contributed by atoms with Crippen LogP contribution in [0.2, 0.25) is 0 Å². The van der Waals surface area contributed by atoms with Gasteiger partial charge in [-0.1, -0.05) is 51.1 Å². The van der Waals surface area contributed by atoms with Gasteiger partial charge in [-0.25, -0.2) is 14.4 Å². The molecule has 0 heterocycles. The van der Waals surface area contributed by atoms with Crippen molar-refractivity contribution in [1.82, 2.24) is 26.2 Å².